The van der Waals surface area contributed by atoms with Gasteiger partial charge in [0.05, 0.1) is 5.39 Å². The molecule has 30 heavy (non-hydrogen) atoms. The van der Waals surface area contributed by atoms with Crippen LogP contribution in [0.3, 0.4) is 0 Å². The molecule has 2 heterocycles. The molecule has 2 aromatic heterocycles. The van der Waals surface area contributed by atoms with Crippen molar-refractivity contribution in [1.82, 2.24) is 9.55 Å². The van der Waals surface area contributed by atoms with Crippen molar-refractivity contribution in [2.24, 2.45) is 0 Å². The van der Waals surface area contributed by atoms with Crippen molar-refractivity contribution < 1.29 is 13.2 Å². The van der Waals surface area contributed by atoms with E-state index in [9.17, 15) is 18.0 Å². The Hall–Kier alpha value is -3.32. The summed E-state index contributed by atoms with van der Waals surface area (Å²) in [7, 11) is 0. The minimum atomic E-state index is -0.742. The Balaban J connectivity index is 2.06. The average Bonchev–Trinajstić information content (AvgIpc) is 2.72. The molecule has 4 rings (SSSR count). The number of aromatic nitrogens is 2. The van der Waals surface area contributed by atoms with Crippen LogP contribution in [0.15, 0.2) is 59.4 Å². The van der Waals surface area contributed by atoms with Gasteiger partial charge in [0.25, 0.3) is 0 Å². The number of rotatable bonds is 4. The maximum absolute atomic E-state index is 14.5. The Labute approximate surface area is 174 Å². The second-order valence-electron chi connectivity index (χ2n) is 6.58. The molecule has 0 aliphatic heterocycles. The molecule has 0 bridgehead atoms. The van der Waals surface area contributed by atoms with Crippen LogP contribution < -0.4 is 10.7 Å². The Kier molecular flexibility index (Phi) is 5.22. The number of hydrogen-bond acceptors (Lipinski definition) is 3. The standard InChI is InChI=1S/C22H15ClF3N3O/c1-2-16-19-17(30)11-18(27-14-7-3-12(24)4-8-14)29(15-9-5-13(25)6-10-15)22(19)28-21(23)20(16)26/h3-11,27H,2H2,1H3. The zero-order valence-electron chi connectivity index (χ0n) is 15.7. The Morgan fingerprint density at radius 2 is 1.60 bits per heavy atom. The summed E-state index contributed by atoms with van der Waals surface area (Å²) in [6.07, 6.45) is 0.230. The molecular formula is C22H15ClF3N3O. The van der Waals surface area contributed by atoms with E-state index in [1.165, 1.54) is 54.6 Å². The number of pyridine rings is 2. The van der Waals surface area contributed by atoms with E-state index in [1.807, 2.05) is 0 Å². The van der Waals surface area contributed by atoms with E-state index in [-0.39, 0.29) is 34.0 Å². The van der Waals surface area contributed by atoms with Crippen LogP contribution in [-0.4, -0.2) is 9.55 Å². The van der Waals surface area contributed by atoms with Crippen molar-refractivity contribution in [3.63, 3.8) is 0 Å². The minimum absolute atomic E-state index is 0.0911. The number of aryl methyl sites for hydroxylation is 1. The summed E-state index contributed by atoms with van der Waals surface area (Å²) in [6, 6.07) is 12.3. The Morgan fingerprint density at radius 3 is 2.20 bits per heavy atom. The van der Waals surface area contributed by atoms with Gasteiger partial charge in [0.2, 0.25) is 0 Å². The molecule has 0 saturated carbocycles. The van der Waals surface area contributed by atoms with Crippen LogP contribution in [0.1, 0.15) is 12.5 Å². The van der Waals surface area contributed by atoms with E-state index in [1.54, 1.807) is 11.5 Å². The first-order valence-electron chi connectivity index (χ1n) is 9.11. The monoisotopic (exact) mass is 429 g/mol. The Morgan fingerprint density at radius 1 is 1.00 bits per heavy atom. The van der Waals surface area contributed by atoms with Crippen molar-refractivity contribution in [1.29, 1.82) is 0 Å². The molecule has 0 atom stereocenters. The molecule has 0 aliphatic rings. The molecule has 0 fully saturated rings. The topological polar surface area (TPSA) is 46.9 Å². The number of benzene rings is 2. The number of anilines is 2. The van der Waals surface area contributed by atoms with Gasteiger partial charge in [0.15, 0.2) is 22.0 Å². The molecular weight excluding hydrogens is 415 g/mol. The summed E-state index contributed by atoms with van der Waals surface area (Å²) < 4.78 is 42.9. The lowest BCUT2D eigenvalue weighted by Gasteiger charge is -2.19. The molecule has 0 saturated heterocycles. The number of nitrogens with zero attached hydrogens (tertiary/aromatic N) is 2. The third-order valence-electron chi connectivity index (χ3n) is 4.70. The molecule has 0 unspecified atom stereocenters. The average molecular weight is 430 g/mol. The van der Waals surface area contributed by atoms with Crippen molar-refractivity contribution in [2.75, 3.05) is 5.32 Å². The molecule has 4 nitrogen and oxygen atoms in total. The third kappa shape index (κ3) is 3.52. The van der Waals surface area contributed by atoms with Gasteiger partial charge in [-0.1, -0.05) is 18.5 Å². The van der Waals surface area contributed by atoms with Crippen molar-refractivity contribution in [3.05, 3.63) is 93.0 Å². The highest BCUT2D eigenvalue weighted by Crippen LogP contribution is 2.29. The van der Waals surface area contributed by atoms with Crippen LogP contribution in [0, 0.1) is 17.5 Å². The fourth-order valence-electron chi connectivity index (χ4n) is 3.32. The van der Waals surface area contributed by atoms with Gasteiger partial charge < -0.3 is 5.32 Å². The van der Waals surface area contributed by atoms with Crippen molar-refractivity contribution in [2.45, 2.75) is 13.3 Å². The zero-order valence-corrected chi connectivity index (χ0v) is 16.5. The molecule has 8 heteroatoms. The van der Waals surface area contributed by atoms with E-state index >= 15 is 0 Å². The zero-order chi connectivity index (χ0) is 21.4. The lowest BCUT2D eigenvalue weighted by molar-refractivity contribution is 0.609. The molecule has 0 radical (unpaired) electrons. The summed E-state index contributed by atoms with van der Waals surface area (Å²) in [5.41, 5.74) is 0.812. The van der Waals surface area contributed by atoms with Gasteiger partial charge in [0.1, 0.15) is 17.5 Å². The molecule has 2 aromatic carbocycles. The SMILES string of the molecule is CCc1c(F)c(Cl)nc2c1c(=O)cc(Nc1ccc(F)cc1)n2-c1ccc(F)cc1. The molecule has 1 N–H and O–H groups in total. The van der Waals surface area contributed by atoms with E-state index in [0.717, 1.165) is 0 Å². The van der Waals surface area contributed by atoms with E-state index < -0.39 is 22.9 Å². The van der Waals surface area contributed by atoms with Gasteiger partial charge in [-0.2, -0.15) is 0 Å². The first-order valence-corrected chi connectivity index (χ1v) is 9.49. The third-order valence-corrected chi connectivity index (χ3v) is 4.95. The van der Waals surface area contributed by atoms with E-state index in [0.29, 0.717) is 11.4 Å². The Bertz CT molecular complexity index is 1300. The van der Waals surface area contributed by atoms with Crippen LogP contribution in [0.5, 0.6) is 0 Å². The maximum atomic E-state index is 14.5. The van der Waals surface area contributed by atoms with E-state index in [2.05, 4.69) is 10.3 Å². The van der Waals surface area contributed by atoms with Gasteiger partial charge in [-0.3, -0.25) is 9.36 Å². The predicted molar refractivity (Wildman–Crippen MR) is 111 cm³/mol. The van der Waals surface area contributed by atoms with E-state index in [4.69, 9.17) is 11.6 Å². The summed E-state index contributed by atoms with van der Waals surface area (Å²) in [5, 5.41) is 2.77. The van der Waals surface area contributed by atoms with Crippen LogP contribution in [-0.2, 0) is 6.42 Å². The number of nitrogens with one attached hydrogen (secondary N) is 1. The highest BCUT2D eigenvalue weighted by Gasteiger charge is 2.20. The van der Waals surface area contributed by atoms with Gasteiger partial charge in [-0.15, -0.1) is 0 Å². The number of fused-ring (bicyclic) bond motifs is 1. The van der Waals surface area contributed by atoms with Crippen LogP contribution >= 0.6 is 11.6 Å². The van der Waals surface area contributed by atoms with Crippen molar-refractivity contribution >= 4 is 34.1 Å². The summed E-state index contributed by atoms with van der Waals surface area (Å²) in [6.45, 7) is 1.71. The fraction of sp³-hybridized carbons (Fsp3) is 0.0909. The second kappa shape index (κ2) is 7.84. The first-order chi connectivity index (χ1) is 14.4. The summed E-state index contributed by atoms with van der Waals surface area (Å²) >= 11 is 6.01. The van der Waals surface area contributed by atoms with Gasteiger partial charge in [-0.25, -0.2) is 18.2 Å². The number of hydrogen-bond donors (Lipinski definition) is 1. The highest BCUT2D eigenvalue weighted by molar-refractivity contribution is 6.30. The summed E-state index contributed by atoms with van der Waals surface area (Å²) in [4.78, 5) is 17.0. The highest BCUT2D eigenvalue weighted by atomic mass is 35.5. The van der Waals surface area contributed by atoms with Gasteiger partial charge in [-0.05, 0) is 55.0 Å². The first kappa shape index (κ1) is 20.0. The fourth-order valence-corrected chi connectivity index (χ4v) is 3.51. The van der Waals surface area contributed by atoms with Gasteiger partial charge in [0, 0.05) is 23.0 Å². The number of halogens is 4. The minimum Gasteiger partial charge on any atom is -0.341 e. The lowest BCUT2D eigenvalue weighted by atomic mass is 10.1. The lowest BCUT2D eigenvalue weighted by Crippen LogP contribution is -2.16. The summed E-state index contributed by atoms with van der Waals surface area (Å²) in [5.74, 6) is -1.31. The predicted octanol–water partition coefficient (Wildman–Crippen LogP) is 5.76. The van der Waals surface area contributed by atoms with Crippen LogP contribution in [0.4, 0.5) is 24.7 Å². The maximum Gasteiger partial charge on any atom is 0.193 e. The van der Waals surface area contributed by atoms with Crippen LogP contribution in [0.2, 0.25) is 5.15 Å². The molecule has 0 aliphatic carbocycles. The molecule has 0 amide bonds. The molecule has 152 valence electrons. The second-order valence-corrected chi connectivity index (χ2v) is 6.94. The van der Waals surface area contributed by atoms with Gasteiger partial charge >= 0.3 is 0 Å². The van der Waals surface area contributed by atoms with Crippen molar-refractivity contribution in [3.8, 4) is 5.69 Å². The van der Waals surface area contributed by atoms with Crippen LogP contribution in [0.25, 0.3) is 16.7 Å². The smallest absolute Gasteiger partial charge is 0.193 e. The quantitative estimate of drug-likeness (QED) is 0.419. The molecule has 0 spiro atoms. The largest absolute Gasteiger partial charge is 0.341 e. The normalized spacial score (nSPS) is 11.1. The molecule has 4 aromatic rings.